The smallest absolute Gasteiger partial charge is 0.263 e. The van der Waals surface area contributed by atoms with Crippen LogP contribution in [0.3, 0.4) is 0 Å². The van der Waals surface area contributed by atoms with E-state index >= 15 is 0 Å². The number of piperazine rings is 1. The third kappa shape index (κ3) is 3.65. The number of benzene rings is 2. The lowest BCUT2D eigenvalue weighted by molar-refractivity contribution is -0.138. The standard InChI is InChI=1S/C18H16FN3O3/c1-25-14-6-4-5-13(9-14)10-20-22-12-17(23)21(11-18(22)24)16-8-3-2-7-15(16)19/h2-10H,11-12H2,1H3/b20-10+. The zero-order valence-corrected chi connectivity index (χ0v) is 13.6. The molecule has 2 aromatic rings. The van der Waals surface area contributed by atoms with Gasteiger partial charge in [0.15, 0.2) is 0 Å². The number of hydrogen-bond donors (Lipinski definition) is 0. The predicted molar refractivity (Wildman–Crippen MR) is 91.1 cm³/mol. The summed E-state index contributed by atoms with van der Waals surface area (Å²) in [5.41, 5.74) is 0.827. The highest BCUT2D eigenvalue weighted by Crippen LogP contribution is 2.21. The molecule has 0 saturated carbocycles. The minimum atomic E-state index is -0.544. The molecule has 0 radical (unpaired) electrons. The molecule has 3 rings (SSSR count). The molecule has 0 N–H and O–H groups in total. The molecule has 2 aromatic carbocycles. The van der Waals surface area contributed by atoms with Gasteiger partial charge in [0.25, 0.3) is 5.91 Å². The Morgan fingerprint density at radius 2 is 1.88 bits per heavy atom. The number of halogens is 1. The molecule has 0 atom stereocenters. The van der Waals surface area contributed by atoms with Crippen LogP contribution in [-0.2, 0) is 9.59 Å². The first-order chi connectivity index (χ1) is 12.1. The maximum atomic E-state index is 13.9. The van der Waals surface area contributed by atoms with Crippen LogP contribution in [-0.4, -0.2) is 43.2 Å². The second-order valence-electron chi connectivity index (χ2n) is 5.40. The minimum absolute atomic E-state index is 0.0947. The van der Waals surface area contributed by atoms with E-state index in [1.165, 1.54) is 24.4 Å². The van der Waals surface area contributed by atoms with Crippen molar-refractivity contribution in [2.75, 3.05) is 25.1 Å². The highest BCUT2D eigenvalue weighted by Gasteiger charge is 2.31. The van der Waals surface area contributed by atoms with E-state index in [-0.39, 0.29) is 24.7 Å². The van der Waals surface area contributed by atoms with Gasteiger partial charge in [0.05, 0.1) is 19.0 Å². The van der Waals surface area contributed by atoms with Crippen molar-refractivity contribution in [1.82, 2.24) is 5.01 Å². The summed E-state index contributed by atoms with van der Waals surface area (Å²) >= 11 is 0. The van der Waals surface area contributed by atoms with Gasteiger partial charge in [0.2, 0.25) is 5.91 Å². The normalized spacial score (nSPS) is 15.1. The molecule has 0 aliphatic carbocycles. The molecular formula is C18H16FN3O3. The number of hydrazone groups is 1. The first-order valence-corrected chi connectivity index (χ1v) is 7.62. The van der Waals surface area contributed by atoms with Gasteiger partial charge in [0.1, 0.15) is 24.7 Å². The Balaban J connectivity index is 1.74. The van der Waals surface area contributed by atoms with Gasteiger partial charge in [-0.3, -0.25) is 14.5 Å². The summed E-state index contributed by atoms with van der Waals surface area (Å²) < 4.78 is 19.0. The molecule has 0 aromatic heterocycles. The van der Waals surface area contributed by atoms with E-state index in [0.29, 0.717) is 5.75 Å². The molecule has 1 aliphatic heterocycles. The number of anilines is 1. The van der Waals surface area contributed by atoms with Gasteiger partial charge in [-0.05, 0) is 29.8 Å². The van der Waals surface area contributed by atoms with Crippen molar-refractivity contribution in [3.63, 3.8) is 0 Å². The molecule has 2 amide bonds. The summed E-state index contributed by atoms with van der Waals surface area (Å²) in [7, 11) is 1.56. The first-order valence-electron chi connectivity index (χ1n) is 7.62. The average Bonchev–Trinajstić information content (AvgIpc) is 2.63. The molecular weight excluding hydrogens is 325 g/mol. The first kappa shape index (κ1) is 16.6. The van der Waals surface area contributed by atoms with Crippen LogP contribution >= 0.6 is 0 Å². The zero-order chi connectivity index (χ0) is 17.8. The van der Waals surface area contributed by atoms with E-state index in [4.69, 9.17) is 4.74 Å². The molecule has 7 heteroatoms. The molecule has 1 saturated heterocycles. The number of nitrogens with zero attached hydrogens (tertiary/aromatic N) is 3. The molecule has 1 fully saturated rings. The minimum Gasteiger partial charge on any atom is -0.497 e. The zero-order valence-electron chi connectivity index (χ0n) is 13.6. The summed E-state index contributed by atoms with van der Waals surface area (Å²) in [6.45, 7) is -0.497. The van der Waals surface area contributed by atoms with Crippen LogP contribution in [0.4, 0.5) is 10.1 Å². The van der Waals surface area contributed by atoms with Crippen molar-refractivity contribution >= 4 is 23.7 Å². The van der Waals surface area contributed by atoms with Crippen molar-refractivity contribution in [1.29, 1.82) is 0 Å². The highest BCUT2D eigenvalue weighted by molar-refractivity contribution is 6.04. The fraction of sp³-hybridized carbons (Fsp3) is 0.167. The monoisotopic (exact) mass is 341 g/mol. The fourth-order valence-corrected chi connectivity index (χ4v) is 2.46. The Kier molecular flexibility index (Phi) is 4.74. The van der Waals surface area contributed by atoms with Gasteiger partial charge in [0, 0.05) is 0 Å². The SMILES string of the molecule is COc1cccc(/C=N/N2CC(=O)N(c3ccccc3F)CC2=O)c1. The van der Waals surface area contributed by atoms with E-state index in [9.17, 15) is 14.0 Å². The summed E-state index contributed by atoms with van der Waals surface area (Å²) in [5.74, 6) is -0.665. The maximum absolute atomic E-state index is 13.9. The van der Waals surface area contributed by atoms with Crippen LogP contribution in [0.1, 0.15) is 5.56 Å². The molecule has 6 nitrogen and oxygen atoms in total. The summed E-state index contributed by atoms with van der Waals surface area (Å²) in [6, 6.07) is 13.0. The number of rotatable bonds is 4. The fourth-order valence-electron chi connectivity index (χ4n) is 2.46. The lowest BCUT2D eigenvalue weighted by atomic mass is 10.2. The van der Waals surface area contributed by atoms with E-state index in [1.54, 1.807) is 37.4 Å². The van der Waals surface area contributed by atoms with Crippen molar-refractivity contribution in [3.8, 4) is 5.75 Å². The van der Waals surface area contributed by atoms with Crippen LogP contribution in [0, 0.1) is 5.82 Å². The molecule has 1 heterocycles. The Morgan fingerprint density at radius 3 is 2.64 bits per heavy atom. The summed E-state index contributed by atoms with van der Waals surface area (Å²) in [4.78, 5) is 25.7. The highest BCUT2D eigenvalue weighted by atomic mass is 19.1. The Hall–Kier alpha value is -3.22. The van der Waals surface area contributed by atoms with Crippen LogP contribution < -0.4 is 9.64 Å². The molecule has 0 bridgehead atoms. The number of para-hydroxylation sites is 1. The third-order valence-corrected chi connectivity index (χ3v) is 3.75. The van der Waals surface area contributed by atoms with Crippen LogP contribution in [0.5, 0.6) is 5.75 Å². The summed E-state index contributed by atoms with van der Waals surface area (Å²) in [5, 5.41) is 5.16. The van der Waals surface area contributed by atoms with Crippen LogP contribution in [0.25, 0.3) is 0 Å². The number of hydrogen-bond acceptors (Lipinski definition) is 4. The lowest BCUT2D eigenvalue weighted by Gasteiger charge is -2.31. The van der Waals surface area contributed by atoms with Crippen molar-refractivity contribution in [2.45, 2.75) is 0 Å². The van der Waals surface area contributed by atoms with Crippen molar-refractivity contribution in [3.05, 3.63) is 59.9 Å². The second-order valence-corrected chi connectivity index (χ2v) is 5.40. The predicted octanol–water partition coefficient (Wildman–Crippen LogP) is 2.04. The average molecular weight is 341 g/mol. The number of carbonyl (C=O) groups is 2. The maximum Gasteiger partial charge on any atom is 0.263 e. The summed E-state index contributed by atoms with van der Waals surface area (Å²) in [6.07, 6.45) is 1.48. The number of methoxy groups -OCH3 is 1. The quantitative estimate of drug-likeness (QED) is 0.800. The van der Waals surface area contributed by atoms with E-state index < -0.39 is 11.7 Å². The van der Waals surface area contributed by atoms with Crippen molar-refractivity contribution in [2.24, 2.45) is 5.10 Å². The molecule has 25 heavy (non-hydrogen) atoms. The lowest BCUT2D eigenvalue weighted by Crippen LogP contribution is -2.52. The second kappa shape index (κ2) is 7.12. The van der Waals surface area contributed by atoms with Gasteiger partial charge >= 0.3 is 0 Å². The molecule has 0 spiro atoms. The van der Waals surface area contributed by atoms with Gasteiger partial charge in [-0.1, -0.05) is 24.3 Å². The molecule has 0 unspecified atom stereocenters. The van der Waals surface area contributed by atoms with E-state index in [1.807, 2.05) is 0 Å². The third-order valence-electron chi connectivity index (χ3n) is 3.75. The largest absolute Gasteiger partial charge is 0.497 e. The Bertz CT molecular complexity index is 838. The van der Waals surface area contributed by atoms with E-state index in [0.717, 1.165) is 15.5 Å². The Morgan fingerprint density at radius 1 is 1.08 bits per heavy atom. The number of carbonyl (C=O) groups excluding carboxylic acids is 2. The van der Waals surface area contributed by atoms with Crippen molar-refractivity contribution < 1.29 is 18.7 Å². The number of amides is 2. The van der Waals surface area contributed by atoms with E-state index in [2.05, 4.69) is 5.10 Å². The van der Waals surface area contributed by atoms with Gasteiger partial charge < -0.3 is 4.74 Å². The topological polar surface area (TPSA) is 62.2 Å². The van der Waals surface area contributed by atoms with Gasteiger partial charge in [-0.15, -0.1) is 0 Å². The Labute approximate surface area is 144 Å². The van der Waals surface area contributed by atoms with Crippen LogP contribution in [0.15, 0.2) is 53.6 Å². The van der Waals surface area contributed by atoms with Crippen LogP contribution in [0.2, 0.25) is 0 Å². The number of ether oxygens (including phenoxy) is 1. The van der Waals surface area contributed by atoms with Gasteiger partial charge in [-0.2, -0.15) is 5.10 Å². The van der Waals surface area contributed by atoms with Gasteiger partial charge in [-0.25, -0.2) is 9.40 Å². The molecule has 128 valence electrons. The molecule has 1 aliphatic rings.